The Balaban J connectivity index is 1.90. The standard InChI is InChI=1S/C17H23FN2O/c1-11-9-13(19)10-14(16(11)18)17(21)20-8-4-6-12-5-2-3-7-15(12)20/h9-10,12,15H,2-8,19H2,1H3/t12-,15-/m1/s1. The zero-order valence-electron chi connectivity index (χ0n) is 12.6. The lowest BCUT2D eigenvalue weighted by Crippen LogP contribution is -2.49. The molecule has 0 bridgehead atoms. The average molecular weight is 290 g/mol. The van der Waals surface area contributed by atoms with Crippen LogP contribution < -0.4 is 5.73 Å². The van der Waals surface area contributed by atoms with Crippen LogP contribution >= 0.6 is 0 Å². The third-order valence-corrected chi connectivity index (χ3v) is 5.01. The second-order valence-corrected chi connectivity index (χ2v) is 6.45. The Bertz CT molecular complexity index is 556. The van der Waals surface area contributed by atoms with E-state index in [2.05, 4.69) is 0 Å². The van der Waals surface area contributed by atoms with Crippen molar-refractivity contribution in [2.24, 2.45) is 5.92 Å². The van der Waals surface area contributed by atoms with E-state index in [4.69, 9.17) is 5.73 Å². The van der Waals surface area contributed by atoms with Crippen LogP contribution in [0.1, 0.15) is 54.4 Å². The van der Waals surface area contributed by atoms with Crippen molar-refractivity contribution in [2.75, 3.05) is 12.3 Å². The molecule has 21 heavy (non-hydrogen) atoms. The molecule has 3 rings (SSSR count). The number of piperidine rings is 1. The summed E-state index contributed by atoms with van der Waals surface area (Å²) < 4.78 is 14.3. The van der Waals surface area contributed by atoms with Gasteiger partial charge in [0, 0.05) is 18.3 Å². The number of nitrogens with two attached hydrogens (primary N) is 1. The highest BCUT2D eigenvalue weighted by atomic mass is 19.1. The monoisotopic (exact) mass is 290 g/mol. The topological polar surface area (TPSA) is 46.3 Å². The minimum atomic E-state index is -0.424. The molecule has 0 radical (unpaired) electrons. The summed E-state index contributed by atoms with van der Waals surface area (Å²) in [5.74, 6) is -0.00620. The van der Waals surface area contributed by atoms with Gasteiger partial charge in [-0.3, -0.25) is 4.79 Å². The van der Waals surface area contributed by atoms with Gasteiger partial charge in [0.1, 0.15) is 5.82 Å². The average Bonchev–Trinajstić information content (AvgIpc) is 2.49. The van der Waals surface area contributed by atoms with E-state index >= 15 is 0 Å². The molecule has 1 amide bonds. The predicted molar refractivity (Wildman–Crippen MR) is 81.6 cm³/mol. The first-order valence-corrected chi connectivity index (χ1v) is 7.94. The second-order valence-electron chi connectivity index (χ2n) is 6.45. The fraction of sp³-hybridized carbons (Fsp3) is 0.588. The Morgan fingerprint density at radius 3 is 2.76 bits per heavy atom. The Morgan fingerprint density at radius 2 is 1.95 bits per heavy atom. The summed E-state index contributed by atoms with van der Waals surface area (Å²) in [7, 11) is 0. The third-order valence-electron chi connectivity index (χ3n) is 5.01. The minimum absolute atomic E-state index is 0.138. The summed E-state index contributed by atoms with van der Waals surface area (Å²) in [6.45, 7) is 2.40. The third kappa shape index (κ3) is 2.63. The van der Waals surface area contributed by atoms with Crippen LogP contribution in [0.5, 0.6) is 0 Å². The first-order chi connectivity index (χ1) is 10.1. The molecule has 4 heteroatoms. The number of rotatable bonds is 1. The number of likely N-dealkylation sites (tertiary alicyclic amines) is 1. The number of benzene rings is 1. The zero-order chi connectivity index (χ0) is 15.0. The Morgan fingerprint density at radius 1 is 1.24 bits per heavy atom. The molecule has 2 fully saturated rings. The molecular formula is C17H23FN2O. The number of carbonyl (C=O) groups excluding carboxylic acids is 1. The lowest BCUT2D eigenvalue weighted by atomic mass is 9.78. The van der Waals surface area contributed by atoms with Crippen LogP contribution in [0.4, 0.5) is 10.1 Å². The Hall–Kier alpha value is -1.58. The molecule has 1 aromatic carbocycles. The highest BCUT2D eigenvalue weighted by Crippen LogP contribution is 2.36. The first kappa shape index (κ1) is 14.4. The number of halogens is 1. The minimum Gasteiger partial charge on any atom is -0.399 e. The van der Waals surface area contributed by atoms with Gasteiger partial charge in [0.2, 0.25) is 0 Å². The normalized spacial score (nSPS) is 25.5. The van der Waals surface area contributed by atoms with Crippen molar-refractivity contribution in [1.29, 1.82) is 0 Å². The summed E-state index contributed by atoms with van der Waals surface area (Å²) >= 11 is 0. The van der Waals surface area contributed by atoms with Gasteiger partial charge in [-0.15, -0.1) is 0 Å². The molecule has 3 nitrogen and oxygen atoms in total. The summed E-state index contributed by atoms with van der Waals surface area (Å²) in [4.78, 5) is 14.7. The van der Waals surface area contributed by atoms with Gasteiger partial charge >= 0.3 is 0 Å². The van der Waals surface area contributed by atoms with Gasteiger partial charge in [-0.25, -0.2) is 4.39 Å². The van der Waals surface area contributed by atoms with E-state index in [-0.39, 0.29) is 11.5 Å². The Labute approximate surface area is 125 Å². The molecule has 2 aliphatic rings. The van der Waals surface area contributed by atoms with Crippen LogP contribution in [0.3, 0.4) is 0 Å². The summed E-state index contributed by atoms with van der Waals surface area (Å²) in [6, 6.07) is 3.35. The van der Waals surface area contributed by atoms with Gasteiger partial charge in [-0.2, -0.15) is 0 Å². The van der Waals surface area contributed by atoms with Crippen molar-refractivity contribution >= 4 is 11.6 Å². The van der Waals surface area contributed by atoms with E-state index in [0.29, 0.717) is 23.2 Å². The zero-order valence-corrected chi connectivity index (χ0v) is 12.6. The van der Waals surface area contributed by atoms with Crippen molar-refractivity contribution in [2.45, 2.75) is 51.5 Å². The van der Waals surface area contributed by atoms with Crippen LogP contribution in [0.15, 0.2) is 12.1 Å². The molecule has 2 atom stereocenters. The maximum Gasteiger partial charge on any atom is 0.257 e. The van der Waals surface area contributed by atoms with Gasteiger partial charge in [0.15, 0.2) is 0 Å². The fourth-order valence-corrected chi connectivity index (χ4v) is 3.98. The Kier molecular flexibility index (Phi) is 3.87. The number of fused-ring (bicyclic) bond motifs is 1. The van der Waals surface area contributed by atoms with E-state index in [1.165, 1.54) is 31.7 Å². The van der Waals surface area contributed by atoms with E-state index in [1.807, 2.05) is 4.90 Å². The molecule has 1 heterocycles. The van der Waals surface area contributed by atoms with Crippen molar-refractivity contribution in [1.82, 2.24) is 4.90 Å². The smallest absolute Gasteiger partial charge is 0.257 e. The van der Waals surface area contributed by atoms with Crippen molar-refractivity contribution in [3.63, 3.8) is 0 Å². The predicted octanol–water partition coefficient (Wildman–Crippen LogP) is 3.51. The van der Waals surface area contributed by atoms with Gasteiger partial charge in [-0.05, 0) is 56.2 Å². The van der Waals surface area contributed by atoms with Crippen LogP contribution in [-0.4, -0.2) is 23.4 Å². The lowest BCUT2D eigenvalue weighted by Gasteiger charge is -2.44. The number of anilines is 1. The molecule has 114 valence electrons. The van der Waals surface area contributed by atoms with E-state index in [9.17, 15) is 9.18 Å². The van der Waals surface area contributed by atoms with Crippen molar-refractivity contribution < 1.29 is 9.18 Å². The quantitative estimate of drug-likeness (QED) is 0.804. The highest BCUT2D eigenvalue weighted by molar-refractivity contribution is 5.96. The largest absolute Gasteiger partial charge is 0.399 e. The molecule has 0 spiro atoms. The lowest BCUT2D eigenvalue weighted by molar-refractivity contribution is 0.0386. The fourth-order valence-electron chi connectivity index (χ4n) is 3.98. The second kappa shape index (κ2) is 5.66. The molecular weight excluding hydrogens is 267 g/mol. The molecule has 1 aliphatic carbocycles. The SMILES string of the molecule is Cc1cc(N)cc(C(=O)N2CCC[C@H]3CCCC[C@H]32)c1F. The summed E-state index contributed by atoms with van der Waals surface area (Å²) in [5, 5.41) is 0. The van der Waals surface area contributed by atoms with Gasteiger partial charge < -0.3 is 10.6 Å². The number of nitrogens with zero attached hydrogens (tertiary/aromatic N) is 1. The molecule has 2 N–H and O–H groups in total. The molecule has 0 unspecified atom stereocenters. The van der Waals surface area contributed by atoms with Gasteiger partial charge in [-0.1, -0.05) is 12.8 Å². The van der Waals surface area contributed by atoms with Crippen molar-refractivity contribution in [3.05, 3.63) is 29.1 Å². The molecule has 1 aromatic rings. The molecule has 1 aliphatic heterocycles. The number of amides is 1. The summed E-state index contributed by atoms with van der Waals surface area (Å²) in [5.41, 5.74) is 6.82. The number of carbonyl (C=O) groups is 1. The van der Waals surface area contributed by atoms with Crippen LogP contribution in [0.25, 0.3) is 0 Å². The van der Waals surface area contributed by atoms with Crippen LogP contribution in [-0.2, 0) is 0 Å². The number of hydrogen-bond donors (Lipinski definition) is 1. The summed E-state index contributed by atoms with van der Waals surface area (Å²) in [6.07, 6.45) is 6.91. The molecule has 0 aromatic heterocycles. The van der Waals surface area contributed by atoms with Gasteiger partial charge in [0.05, 0.1) is 5.56 Å². The number of hydrogen-bond acceptors (Lipinski definition) is 2. The molecule has 1 saturated carbocycles. The maximum absolute atomic E-state index is 14.3. The van der Waals surface area contributed by atoms with Gasteiger partial charge in [0.25, 0.3) is 5.91 Å². The molecule has 1 saturated heterocycles. The van der Waals surface area contributed by atoms with E-state index in [1.54, 1.807) is 13.0 Å². The first-order valence-electron chi connectivity index (χ1n) is 7.94. The van der Waals surface area contributed by atoms with E-state index in [0.717, 1.165) is 19.4 Å². The number of nitrogen functional groups attached to an aromatic ring is 1. The van der Waals surface area contributed by atoms with Crippen molar-refractivity contribution in [3.8, 4) is 0 Å². The number of aryl methyl sites for hydroxylation is 1. The van der Waals surface area contributed by atoms with Crippen LogP contribution in [0.2, 0.25) is 0 Å². The van der Waals surface area contributed by atoms with E-state index < -0.39 is 5.82 Å². The van der Waals surface area contributed by atoms with Crippen LogP contribution in [0, 0.1) is 18.7 Å². The highest BCUT2D eigenvalue weighted by Gasteiger charge is 2.36. The maximum atomic E-state index is 14.3.